The van der Waals surface area contributed by atoms with Crippen LogP contribution in [-0.2, 0) is 6.42 Å². The van der Waals surface area contributed by atoms with E-state index in [1.807, 2.05) is 18.2 Å². The molecule has 0 aliphatic rings. The molecule has 2 rings (SSSR count). The van der Waals surface area contributed by atoms with Crippen LogP contribution < -0.4 is 4.74 Å². The molecule has 142 valence electrons. The molecule has 2 nitrogen and oxygen atoms in total. The van der Waals surface area contributed by atoms with Crippen LogP contribution in [0.4, 0.5) is 0 Å². The third-order valence-corrected chi connectivity index (χ3v) is 5.00. The predicted octanol–water partition coefficient (Wildman–Crippen LogP) is 6.95. The van der Waals surface area contributed by atoms with Crippen molar-refractivity contribution in [3.8, 4) is 5.88 Å². The van der Waals surface area contributed by atoms with E-state index in [0.717, 1.165) is 5.88 Å². The van der Waals surface area contributed by atoms with Crippen molar-refractivity contribution in [1.82, 2.24) is 4.98 Å². The molecule has 0 amide bonds. The number of aromatic nitrogens is 1. The second kappa shape index (κ2) is 12.5. The Morgan fingerprint density at radius 1 is 0.846 bits per heavy atom. The molecule has 1 atom stereocenters. The maximum atomic E-state index is 5.96. The smallest absolute Gasteiger partial charge is 0.213 e. The molecule has 26 heavy (non-hydrogen) atoms. The minimum atomic E-state index is 0.442. The first kappa shape index (κ1) is 20.5. The van der Waals surface area contributed by atoms with Crippen molar-refractivity contribution in [1.29, 1.82) is 0 Å². The molecule has 0 spiro atoms. The topological polar surface area (TPSA) is 22.1 Å². The van der Waals surface area contributed by atoms with E-state index in [2.05, 4.69) is 43.1 Å². The molecule has 0 bridgehead atoms. The highest BCUT2D eigenvalue weighted by atomic mass is 16.5. The predicted molar refractivity (Wildman–Crippen MR) is 111 cm³/mol. The van der Waals surface area contributed by atoms with Crippen LogP contribution in [0.3, 0.4) is 0 Å². The van der Waals surface area contributed by atoms with Gasteiger partial charge in [-0.05, 0) is 36.5 Å². The van der Waals surface area contributed by atoms with E-state index >= 15 is 0 Å². The zero-order valence-electron chi connectivity index (χ0n) is 16.6. The van der Waals surface area contributed by atoms with E-state index in [-0.39, 0.29) is 0 Å². The molecule has 2 aromatic rings. The number of hydrogen-bond acceptors (Lipinski definition) is 2. The maximum Gasteiger partial charge on any atom is 0.213 e. The third-order valence-electron chi connectivity index (χ3n) is 5.00. The van der Waals surface area contributed by atoms with E-state index < -0.39 is 0 Å². The van der Waals surface area contributed by atoms with E-state index in [4.69, 9.17) is 4.74 Å². The summed E-state index contributed by atoms with van der Waals surface area (Å²) in [6, 6.07) is 15.1. The highest BCUT2D eigenvalue weighted by Crippen LogP contribution is 2.24. The van der Waals surface area contributed by atoms with Gasteiger partial charge in [-0.2, -0.15) is 0 Å². The molecule has 0 aliphatic heterocycles. The quantitative estimate of drug-likeness (QED) is 0.364. The molecule has 0 aliphatic carbocycles. The molecule has 1 heterocycles. The molecule has 1 aromatic carbocycles. The van der Waals surface area contributed by atoms with Crippen molar-refractivity contribution in [2.24, 2.45) is 0 Å². The van der Waals surface area contributed by atoms with Gasteiger partial charge in [-0.1, -0.05) is 82.7 Å². The van der Waals surface area contributed by atoms with Crippen LogP contribution >= 0.6 is 0 Å². The van der Waals surface area contributed by atoms with Gasteiger partial charge in [0.15, 0.2) is 0 Å². The van der Waals surface area contributed by atoms with Crippen molar-refractivity contribution < 1.29 is 4.74 Å². The summed E-state index contributed by atoms with van der Waals surface area (Å²) in [6.45, 7) is 5.23. The number of ether oxygens (including phenoxy) is 1. The summed E-state index contributed by atoms with van der Waals surface area (Å²) < 4.78 is 5.96. The number of hydrogen-bond donors (Lipinski definition) is 0. The van der Waals surface area contributed by atoms with Crippen molar-refractivity contribution in [2.75, 3.05) is 6.61 Å². The number of unbranched alkanes of at least 4 members (excludes halogenated alkanes) is 5. The summed E-state index contributed by atoms with van der Waals surface area (Å²) >= 11 is 0. The van der Waals surface area contributed by atoms with Crippen LogP contribution in [0.15, 0.2) is 48.7 Å². The van der Waals surface area contributed by atoms with Crippen molar-refractivity contribution in [2.45, 2.75) is 77.6 Å². The van der Waals surface area contributed by atoms with Gasteiger partial charge in [-0.25, -0.2) is 4.98 Å². The number of rotatable bonds is 13. The van der Waals surface area contributed by atoms with Crippen LogP contribution in [-0.4, -0.2) is 11.6 Å². The van der Waals surface area contributed by atoms with Gasteiger partial charge in [0.05, 0.1) is 6.61 Å². The summed E-state index contributed by atoms with van der Waals surface area (Å²) in [5.74, 6) is 1.17. The lowest BCUT2D eigenvalue weighted by molar-refractivity contribution is 0.269. The SMILES string of the molecule is CCCCCCc1ccc(C(CCCCC)COc2ccccn2)cc1. The van der Waals surface area contributed by atoms with Gasteiger partial charge in [0.25, 0.3) is 0 Å². The van der Waals surface area contributed by atoms with E-state index in [9.17, 15) is 0 Å². The average molecular weight is 354 g/mol. The van der Waals surface area contributed by atoms with E-state index in [1.165, 1.54) is 68.9 Å². The fourth-order valence-corrected chi connectivity index (χ4v) is 3.32. The van der Waals surface area contributed by atoms with Gasteiger partial charge in [-0.15, -0.1) is 0 Å². The van der Waals surface area contributed by atoms with Crippen LogP contribution in [0.25, 0.3) is 0 Å². The zero-order valence-corrected chi connectivity index (χ0v) is 16.6. The maximum absolute atomic E-state index is 5.96. The zero-order chi connectivity index (χ0) is 18.5. The molecular weight excluding hydrogens is 318 g/mol. The largest absolute Gasteiger partial charge is 0.477 e. The molecule has 0 saturated heterocycles. The number of benzene rings is 1. The van der Waals surface area contributed by atoms with Gasteiger partial charge in [0.1, 0.15) is 0 Å². The average Bonchev–Trinajstić information content (AvgIpc) is 2.69. The molecular formula is C24H35NO. The Balaban J connectivity index is 1.92. The fourth-order valence-electron chi connectivity index (χ4n) is 3.32. The monoisotopic (exact) mass is 353 g/mol. The lowest BCUT2D eigenvalue weighted by Crippen LogP contribution is -2.11. The first-order valence-electron chi connectivity index (χ1n) is 10.5. The first-order chi connectivity index (χ1) is 12.8. The molecule has 0 fully saturated rings. The van der Waals surface area contributed by atoms with E-state index in [0.29, 0.717) is 12.5 Å². The summed E-state index contributed by atoms with van der Waals surface area (Å²) in [4.78, 5) is 4.28. The normalized spacial score (nSPS) is 12.1. The highest BCUT2D eigenvalue weighted by Gasteiger charge is 2.13. The van der Waals surface area contributed by atoms with Crippen molar-refractivity contribution in [3.63, 3.8) is 0 Å². The summed E-state index contributed by atoms with van der Waals surface area (Å²) in [7, 11) is 0. The molecule has 1 unspecified atom stereocenters. The number of aryl methyl sites for hydroxylation is 1. The standard InChI is InChI=1S/C24H35NO/c1-3-5-7-9-12-21-15-17-22(18-16-21)23(13-8-6-4-2)20-26-24-14-10-11-19-25-24/h10-11,14-19,23H,3-9,12-13,20H2,1-2H3. The Bertz CT molecular complexity index is 579. The third kappa shape index (κ3) is 7.59. The summed E-state index contributed by atoms with van der Waals surface area (Å²) in [6.07, 6.45) is 13.3. The van der Waals surface area contributed by atoms with Crippen LogP contribution in [0.2, 0.25) is 0 Å². The Morgan fingerprint density at radius 2 is 1.62 bits per heavy atom. The minimum absolute atomic E-state index is 0.442. The number of pyridine rings is 1. The van der Waals surface area contributed by atoms with E-state index in [1.54, 1.807) is 6.20 Å². The summed E-state index contributed by atoms with van der Waals surface area (Å²) in [5.41, 5.74) is 2.86. The van der Waals surface area contributed by atoms with Crippen molar-refractivity contribution in [3.05, 3.63) is 59.8 Å². The van der Waals surface area contributed by atoms with Gasteiger partial charge in [-0.3, -0.25) is 0 Å². The lowest BCUT2D eigenvalue weighted by atomic mass is 9.92. The second-order valence-corrected chi connectivity index (χ2v) is 7.22. The molecule has 0 N–H and O–H groups in total. The molecule has 1 aromatic heterocycles. The van der Waals surface area contributed by atoms with Gasteiger partial charge in [0.2, 0.25) is 5.88 Å². The molecule has 0 radical (unpaired) electrons. The van der Waals surface area contributed by atoms with Crippen LogP contribution in [0, 0.1) is 0 Å². The Labute approximate surface area is 160 Å². The van der Waals surface area contributed by atoms with Gasteiger partial charge in [0, 0.05) is 18.2 Å². The molecule has 2 heteroatoms. The highest BCUT2D eigenvalue weighted by molar-refractivity contribution is 5.26. The fraction of sp³-hybridized carbons (Fsp3) is 0.542. The number of nitrogens with zero attached hydrogens (tertiary/aromatic N) is 1. The first-order valence-corrected chi connectivity index (χ1v) is 10.5. The van der Waals surface area contributed by atoms with Crippen molar-refractivity contribution >= 4 is 0 Å². The minimum Gasteiger partial charge on any atom is -0.477 e. The lowest BCUT2D eigenvalue weighted by Gasteiger charge is -2.18. The summed E-state index contributed by atoms with van der Waals surface area (Å²) in [5, 5.41) is 0. The van der Waals surface area contributed by atoms with Gasteiger partial charge < -0.3 is 4.74 Å². The second-order valence-electron chi connectivity index (χ2n) is 7.22. The van der Waals surface area contributed by atoms with Crippen LogP contribution in [0.5, 0.6) is 5.88 Å². The Kier molecular flexibility index (Phi) is 9.86. The molecule has 0 saturated carbocycles. The van der Waals surface area contributed by atoms with Crippen LogP contribution in [0.1, 0.15) is 82.3 Å². The van der Waals surface area contributed by atoms with Gasteiger partial charge >= 0.3 is 0 Å². The Morgan fingerprint density at radius 3 is 2.31 bits per heavy atom. The Hall–Kier alpha value is -1.83.